The number of ether oxygens (including phenoxy) is 1. The molecule has 0 aliphatic carbocycles. The normalized spacial score (nSPS) is 14.1. The smallest absolute Gasteiger partial charge is 0.0589 e. The molecule has 0 heterocycles. The summed E-state index contributed by atoms with van der Waals surface area (Å²) in [5.74, 6) is 0. The van der Waals surface area contributed by atoms with E-state index in [1.807, 2.05) is 11.8 Å². The molecule has 0 spiro atoms. The zero-order valence-electron chi connectivity index (χ0n) is 7.26. The van der Waals surface area contributed by atoms with Gasteiger partial charge < -0.3 is 4.74 Å². The lowest BCUT2D eigenvalue weighted by Gasteiger charge is -2.21. The molecule has 10 heavy (non-hydrogen) atoms. The summed E-state index contributed by atoms with van der Waals surface area (Å²) in [4.78, 5) is 2.27. The van der Waals surface area contributed by atoms with E-state index in [1.54, 1.807) is 7.11 Å². The van der Waals surface area contributed by atoms with E-state index >= 15 is 0 Å². The van der Waals surface area contributed by atoms with Crippen molar-refractivity contribution in [3.63, 3.8) is 0 Å². The maximum absolute atomic E-state index is 4.96. The van der Waals surface area contributed by atoms with Crippen LogP contribution in [0.4, 0.5) is 0 Å². The molecular formula is C7H17NOS. The van der Waals surface area contributed by atoms with Gasteiger partial charge in [-0.3, -0.25) is 4.90 Å². The van der Waals surface area contributed by atoms with Crippen LogP contribution in [0, 0.1) is 0 Å². The van der Waals surface area contributed by atoms with Crippen LogP contribution in [0.3, 0.4) is 0 Å². The van der Waals surface area contributed by atoms with Gasteiger partial charge in [-0.25, -0.2) is 0 Å². The van der Waals surface area contributed by atoms with Gasteiger partial charge >= 0.3 is 0 Å². The first-order chi connectivity index (χ1) is 4.72. The van der Waals surface area contributed by atoms with Gasteiger partial charge in [0.2, 0.25) is 0 Å². The van der Waals surface area contributed by atoms with Crippen LogP contribution in [0.25, 0.3) is 0 Å². The largest absolute Gasteiger partial charge is 0.383 e. The highest BCUT2D eigenvalue weighted by atomic mass is 32.2. The molecule has 0 fully saturated rings. The number of methoxy groups -OCH3 is 1. The lowest BCUT2D eigenvalue weighted by atomic mass is 10.5. The molecule has 3 heteroatoms. The van der Waals surface area contributed by atoms with Crippen molar-refractivity contribution in [1.29, 1.82) is 0 Å². The minimum absolute atomic E-state index is 0.593. The molecule has 1 atom stereocenters. The van der Waals surface area contributed by atoms with Crippen molar-refractivity contribution in [3.8, 4) is 0 Å². The first-order valence-electron chi connectivity index (χ1n) is 3.44. The molecule has 0 saturated carbocycles. The van der Waals surface area contributed by atoms with E-state index in [0.29, 0.717) is 5.37 Å². The number of likely N-dealkylation sites (N-methyl/N-ethyl adjacent to an activating group) is 1. The first kappa shape index (κ1) is 10.3. The Hall–Kier alpha value is 0.270. The molecule has 0 aromatic heterocycles. The number of nitrogens with zero attached hydrogens (tertiary/aromatic N) is 1. The van der Waals surface area contributed by atoms with Gasteiger partial charge in [0.15, 0.2) is 0 Å². The summed E-state index contributed by atoms with van der Waals surface area (Å²) >= 11 is 1.85. The van der Waals surface area contributed by atoms with E-state index in [9.17, 15) is 0 Å². The fraction of sp³-hybridized carbons (Fsp3) is 1.00. The zero-order chi connectivity index (χ0) is 7.98. The SMILES string of the molecule is COCCN(C)[C@H](C)SC. The molecule has 2 nitrogen and oxygen atoms in total. The van der Waals surface area contributed by atoms with Gasteiger partial charge in [-0.05, 0) is 20.2 Å². The Labute approximate surface area is 67.9 Å². The lowest BCUT2D eigenvalue weighted by molar-refractivity contribution is 0.159. The maximum atomic E-state index is 4.96. The van der Waals surface area contributed by atoms with E-state index in [0.717, 1.165) is 13.2 Å². The van der Waals surface area contributed by atoms with E-state index < -0.39 is 0 Å². The Morgan fingerprint density at radius 2 is 2.20 bits per heavy atom. The molecule has 0 N–H and O–H groups in total. The molecule has 0 bridgehead atoms. The molecule has 0 aromatic rings. The molecule has 0 rings (SSSR count). The maximum Gasteiger partial charge on any atom is 0.0589 e. The number of rotatable bonds is 5. The van der Waals surface area contributed by atoms with Crippen molar-refractivity contribution >= 4 is 11.8 Å². The Morgan fingerprint density at radius 3 is 2.60 bits per heavy atom. The second-order valence-electron chi connectivity index (χ2n) is 2.31. The van der Waals surface area contributed by atoms with Crippen molar-refractivity contribution in [2.24, 2.45) is 0 Å². The van der Waals surface area contributed by atoms with E-state index in [1.165, 1.54) is 0 Å². The lowest BCUT2D eigenvalue weighted by Crippen LogP contribution is -2.29. The molecule has 0 amide bonds. The Bertz CT molecular complexity index is 80.0. The Kier molecular flexibility index (Phi) is 6.17. The number of hydrogen-bond acceptors (Lipinski definition) is 3. The average Bonchev–Trinajstić information content (AvgIpc) is 1.98. The third-order valence-electron chi connectivity index (χ3n) is 1.61. The van der Waals surface area contributed by atoms with Gasteiger partial charge in [0.1, 0.15) is 0 Å². The second-order valence-corrected chi connectivity index (χ2v) is 3.46. The predicted molar refractivity (Wildman–Crippen MR) is 47.5 cm³/mol. The van der Waals surface area contributed by atoms with Gasteiger partial charge in [-0.2, -0.15) is 0 Å². The summed E-state index contributed by atoms with van der Waals surface area (Å²) in [7, 11) is 3.85. The van der Waals surface area contributed by atoms with E-state index in [4.69, 9.17) is 4.74 Å². The number of hydrogen-bond donors (Lipinski definition) is 0. The molecule has 0 aromatic carbocycles. The second kappa shape index (κ2) is 6.01. The van der Waals surface area contributed by atoms with Gasteiger partial charge in [0.05, 0.1) is 12.0 Å². The minimum atomic E-state index is 0.593. The predicted octanol–water partition coefficient (Wildman–Crippen LogP) is 1.27. The fourth-order valence-electron chi connectivity index (χ4n) is 0.597. The highest BCUT2D eigenvalue weighted by Crippen LogP contribution is 2.07. The highest BCUT2D eigenvalue weighted by molar-refractivity contribution is 7.99. The summed E-state index contributed by atoms with van der Waals surface area (Å²) in [5.41, 5.74) is 0. The summed E-state index contributed by atoms with van der Waals surface area (Å²) < 4.78 is 4.96. The van der Waals surface area contributed by atoms with Crippen LogP contribution in [-0.2, 0) is 4.74 Å². The molecule has 62 valence electrons. The van der Waals surface area contributed by atoms with Gasteiger partial charge in [-0.15, -0.1) is 11.8 Å². The fourth-order valence-corrected chi connectivity index (χ4v) is 1.06. The van der Waals surface area contributed by atoms with Crippen LogP contribution in [0.2, 0.25) is 0 Å². The molecule has 0 radical (unpaired) electrons. The van der Waals surface area contributed by atoms with Crippen molar-refractivity contribution in [1.82, 2.24) is 4.90 Å². The summed E-state index contributed by atoms with van der Waals surface area (Å²) in [5, 5.41) is 0.593. The average molecular weight is 163 g/mol. The quantitative estimate of drug-likeness (QED) is 0.566. The van der Waals surface area contributed by atoms with Gasteiger partial charge in [-0.1, -0.05) is 0 Å². The third kappa shape index (κ3) is 4.14. The zero-order valence-corrected chi connectivity index (χ0v) is 8.07. The van der Waals surface area contributed by atoms with Crippen molar-refractivity contribution in [2.75, 3.05) is 33.6 Å². The molecule has 0 aliphatic heterocycles. The van der Waals surface area contributed by atoms with Gasteiger partial charge in [0.25, 0.3) is 0 Å². The van der Waals surface area contributed by atoms with Crippen molar-refractivity contribution in [3.05, 3.63) is 0 Å². The first-order valence-corrected chi connectivity index (χ1v) is 4.73. The van der Waals surface area contributed by atoms with Crippen LogP contribution in [0.5, 0.6) is 0 Å². The van der Waals surface area contributed by atoms with E-state index in [2.05, 4.69) is 25.1 Å². The molecular weight excluding hydrogens is 146 g/mol. The van der Waals surface area contributed by atoms with Crippen LogP contribution >= 0.6 is 11.8 Å². The molecule has 0 unspecified atom stereocenters. The molecule has 0 saturated heterocycles. The van der Waals surface area contributed by atoms with Crippen molar-refractivity contribution < 1.29 is 4.74 Å². The topological polar surface area (TPSA) is 12.5 Å². The van der Waals surface area contributed by atoms with E-state index in [-0.39, 0.29) is 0 Å². The third-order valence-corrected chi connectivity index (χ3v) is 2.65. The highest BCUT2D eigenvalue weighted by Gasteiger charge is 2.04. The van der Waals surface area contributed by atoms with Crippen LogP contribution < -0.4 is 0 Å². The minimum Gasteiger partial charge on any atom is -0.383 e. The monoisotopic (exact) mass is 163 g/mol. The Balaban J connectivity index is 3.31. The van der Waals surface area contributed by atoms with Crippen LogP contribution in [0.15, 0.2) is 0 Å². The van der Waals surface area contributed by atoms with Crippen molar-refractivity contribution in [2.45, 2.75) is 12.3 Å². The van der Waals surface area contributed by atoms with Crippen LogP contribution in [-0.4, -0.2) is 43.8 Å². The Morgan fingerprint density at radius 1 is 1.60 bits per heavy atom. The van der Waals surface area contributed by atoms with Gasteiger partial charge in [0, 0.05) is 13.7 Å². The summed E-state index contributed by atoms with van der Waals surface area (Å²) in [6.07, 6.45) is 2.12. The molecule has 0 aliphatic rings. The number of thioether (sulfide) groups is 1. The summed E-state index contributed by atoms with van der Waals surface area (Å²) in [6, 6.07) is 0. The summed E-state index contributed by atoms with van der Waals surface area (Å²) in [6.45, 7) is 4.03. The standard InChI is InChI=1S/C7H17NOS/c1-7(10-4)8(2)5-6-9-3/h7H,5-6H2,1-4H3/t7-/m0/s1. The van der Waals surface area contributed by atoms with Crippen LogP contribution in [0.1, 0.15) is 6.92 Å².